The van der Waals surface area contributed by atoms with Gasteiger partial charge in [-0.15, -0.1) is 0 Å². The summed E-state index contributed by atoms with van der Waals surface area (Å²) in [7, 11) is 0. The summed E-state index contributed by atoms with van der Waals surface area (Å²) in [5, 5.41) is 0. The van der Waals surface area contributed by atoms with E-state index >= 15 is 0 Å². The molecule has 1 aliphatic rings. The molecule has 1 fully saturated rings. The highest BCUT2D eigenvalue weighted by molar-refractivity contribution is 5.28. The lowest BCUT2D eigenvalue weighted by molar-refractivity contribution is -0.270. The highest BCUT2D eigenvalue weighted by Crippen LogP contribution is 2.29. The quantitative estimate of drug-likeness (QED) is 0.649. The molecule has 2 aromatic rings. The lowest BCUT2D eigenvalue weighted by atomic mass is 10.0. The van der Waals surface area contributed by atoms with Crippen molar-refractivity contribution in [1.82, 2.24) is 9.55 Å². The summed E-state index contributed by atoms with van der Waals surface area (Å²) in [5.41, 5.74) is 1.20. The van der Waals surface area contributed by atoms with Gasteiger partial charge in [-0.3, -0.25) is 0 Å². The van der Waals surface area contributed by atoms with Crippen molar-refractivity contribution in [3.05, 3.63) is 48.5 Å². The molecular weight excluding hydrogens is 316 g/mol. The Morgan fingerprint density at radius 1 is 1.20 bits per heavy atom. The monoisotopic (exact) mass is 344 g/mol. The molecule has 25 heavy (non-hydrogen) atoms. The summed E-state index contributed by atoms with van der Waals surface area (Å²) < 4.78 is 20.0. The van der Waals surface area contributed by atoms with Crippen molar-refractivity contribution in [2.75, 3.05) is 19.8 Å². The van der Waals surface area contributed by atoms with E-state index in [0.29, 0.717) is 0 Å². The van der Waals surface area contributed by atoms with E-state index in [0.717, 1.165) is 64.2 Å². The maximum Gasteiger partial charge on any atom is 0.173 e. The molecule has 136 valence electrons. The third-order valence-electron chi connectivity index (χ3n) is 4.49. The number of benzene rings is 1. The van der Waals surface area contributed by atoms with E-state index in [1.807, 2.05) is 24.7 Å². The molecule has 0 radical (unpaired) electrons. The minimum absolute atomic E-state index is 0.549. The van der Waals surface area contributed by atoms with Crippen LogP contribution in [0.25, 0.3) is 0 Å². The Bertz CT molecular complexity index is 604. The van der Waals surface area contributed by atoms with Gasteiger partial charge in [-0.2, -0.15) is 0 Å². The number of nitrogens with zero attached hydrogens (tertiary/aromatic N) is 2. The van der Waals surface area contributed by atoms with Crippen molar-refractivity contribution in [1.29, 1.82) is 0 Å². The fourth-order valence-corrected chi connectivity index (χ4v) is 3.02. The van der Waals surface area contributed by atoms with E-state index in [4.69, 9.17) is 14.2 Å². The van der Waals surface area contributed by atoms with Gasteiger partial charge in [-0.25, -0.2) is 4.98 Å². The molecule has 0 aliphatic carbocycles. The van der Waals surface area contributed by atoms with Crippen molar-refractivity contribution in [3.8, 4) is 5.75 Å². The van der Waals surface area contributed by atoms with Crippen molar-refractivity contribution >= 4 is 0 Å². The van der Waals surface area contributed by atoms with Gasteiger partial charge in [0.1, 0.15) is 5.75 Å². The summed E-state index contributed by atoms with van der Waals surface area (Å²) in [5.74, 6) is 0.378. The van der Waals surface area contributed by atoms with Gasteiger partial charge >= 0.3 is 0 Å². The van der Waals surface area contributed by atoms with Crippen molar-refractivity contribution < 1.29 is 14.2 Å². The summed E-state index contributed by atoms with van der Waals surface area (Å²) in [6.45, 7) is 5.28. The van der Waals surface area contributed by atoms with E-state index in [1.165, 1.54) is 5.56 Å². The van der Waals surface area contributed by atoms with Crippen LogP contribution >= 0.6 is 0 Å². The third kappa shape index (κ3) is 5.31. The molecule has 0 N–H and O–H groups in total. The van der Waals surface area contributed by atoms with E-state index < -0.39 is 5.79 Å². The first-order valence-electron chi connectivity index (χ1n) is 9.25. The molecule has 2 heterocycles. The van der Waals surface area contributed by atoms with Crippen molar-refractivity contribution in [2.24, 2.45) is 0 Å². The van der Waals surface area contributed by atoms with Gasteiger partial charge in [0, 0.05) is 31.8 Å². The zero-order chi connectivity index (χ0) is 17.4. The van der Waals surface area contributed by atoms with Crippen LogP contribution < -0.4 is 4.74 Å². The zero-order valence-corrected chi connectivity index (χ0v) is 15.0. The molecule has 3 rings (SSSR count). The second-order valence-electron chi connectivity index (χ2n) is 6.53. The number of hydrogen-bond donors (Lipinski definition) is 0. The molecule has 0 spiro atoms. The Kier molecular flexibility index (Phi) is 6.48. The number of aromatic nitrogens is 2. The number of ether oxygens (including phenoxy) is 3. The number of aryl methyl sites for hydroxylation is 1. The smallest absolute Gasteiger partial charge is 0.173 e. The second-order valence-corrected chi connectivity index (χ2v) is 6.53. The molecule has 1 aromatic carbocycles. The number of rotatable bonds is 9. The highest BCUT2D eigenvalue weighted by Gasteiger charge is 2.34. The van der Waals surface area contributed by atoms with Crippen LogP contribution in [0.3, 0.4) is 0 Å². The van der Waals surface area contributed by atoms with Gasteiger partial charge < -0.3 is 18.8 Å². The van der Waals surface area contributed by atoms with Gasteiger partial charge in [0.25, 0.3) is 0 Å². The Balaban J connectivity index is 1.61. The van der Waals surface area contributed by atoms with Gasteiger partial charge in [0.2, 0.25) is 0 Å². The Morgan fingerprint density at radius 3 is 2.68 bits per heavy atom. The minimum Gasteiger partial charge on any atom is -0.494 e. The van der Waals surface area contributed by atoms with E-state index in [2.05, 4.69) is 28.6 Å². The Hall–Kier alpha value is -1.85. The summed E-state index contributed by atoms with van der Waals surface area (Å²) in [6.07, 6.45) is 10.3. The van der Waals surface area contributed by atoms with Crippen LogP contribution in [0.5, 0.6) is 5.75 Å². The van der Waals surface area contributed by atoms with Gasteiger partial charge in [0.05, 0.1) is 26.1 Å². The fraction of sp³-hybridized carbons (Fsp3) is 0.550. The van der Waals surface area contributed by atoms with Gasteiger partial charge in [-0.1, -0.05) is 25.5 Å². The number of imidazole rings is 1. The predicted molar refractivity (Wildman–Crippen MR) is 96.6 cm³/mol. The molecule has 0 bridgehead atoms. The molecule has 5 heteroatoms. The second kappa shape index (κ2) is 9.02. The largest absolute Gasteiger partial charge is 0.494 e. The molecular formula is C20H28N2O3. The van der Waals surface area contributed by atoms with Crippen LogP contribution in [0.15, 0.2) is 43.0 Å². The van der Waals surface area contributed by atoms with Crippen molar-refractivity contribution in [2.45, 2.75) is 51.4 Å². The average molecular weight is 344 g/mol. The maximum absolute atomic E-state index is 6.09. The summed E-state index contributed by atoms with van der Waals surface area (Å²) >= 11 is 0. The van der Waals surface area contributed by atoms with Gasteiger partial charge in [-0.05, 0) is 30.5 Å². The van der Waals surface area contributed by atoms with Crippen LogP contribution in [0.2, 0.25) is 0 Å². The van der Waals surface area contributed by atoms with E-state index in [1.54, 1.807) is 6.20 Å². The molecule has 5 nitrogen and oxygen atoms in total. The molecule has 1 aliphatic heterocycles. The Morgan fingerprint density at radius 2 is 2.00 bits per heavy atom. The SMILES string of the molecule is CCCCOc1ccc(CC2(CCn3ccnc3)OCCCO2)cc1. The first-order valence-corrected chi connectivity index (χ1v) is 9.25. The number of unbranched alkanes of at least 4 members (excludes halogenated alkanes) is 1. The fourth-order valence-electron chi connectivity index (χ4n) is 3.02. The topological polar surface area (TPSA) is 45.5 Å². The predicted octanol–water partition coefficient (Wildman–Crippen LogP) is 3.83. The van der Waals surface area contributed by atoms with Gasteiger partial charge in [0.15, 0.2) is 5.79 Å². The van der Waals surface area contributed by atoms with E-state index in [9.17, 15) is 0 Å². The minimum atomic E-state index is -0.549. The Labute approximate surface area is 149 Å². The lowest BCUT2D eigenvalue weighted by Crippen LogP contribution is -2.43. The first kappa shape index (κ1) is 18.0. The first-order chi connectivity index (χ1) is 12.3. The standard InChI is InChI=1S/C20H28N2O3/c1-2-3-13-23-19-7-5-18(6-8-19)16-20(24-14-4-15-25-20)9-11-22-12-10-21-17-22/h5-8,10,12,17H,2-4,9,11,13-16H2,1H3. The molecule has 0 unspecified atom stereocenters. The third-order valence-corrected chi connectivity index (χ3v) is 4.49. The van der Waals surface area contributed by atoms with Crippen molar-refractivity contribution in [3.63, 3.8) is 0 Å². The van der Waals surface area contributed by atoms with Crippen LogP contribution in [0.1, 0.15) is 38.2 Å². The lowest BCUT2D eigenvalue weighted by Gasteiger charge is -2.37. The van der Waals surface area contributed by atoms with Crippen LogP contribution in [0.4, 0.5) is 0 Å². The zero-order valence-electron chi connectivity index (χ0n) is 15.0. The normalized spacial score (nSPS) is 16.7. The summed E-state index contributed by atoms with van der Waals surface area (Å²) in [6, 6.07) is 8.30. The summed E-state index contributed by atoms with van der Waals surface area (Å²) in [4.78, 5) is 4.10. The maximum atomic E-state index is 6.09. The highest BCUT2D eigenvalue weighted by atomic mass is 16.7. The van der Waals surface area contributed by atoms with Crippen LogP contribution in [-0.2, 0) is 22.4 Å². The van der Waals surface area contributed by atoms with E-state index in [-0.39, 0.29) is 0 Å². The van der Waals surface area contributed by atoms with Crippen LogP contribution in [-0.4, -0.2) is 35.2 Å². The molecule has 0 amide bonds. The van der Waals surface area contributed by atoms with Crippen LogP contribution in [0, 0.1) is 0 Å². The number of hydrogen-bond acceptors (Lipinski definition) is 4. The molecule has 1 saturated heterocycles. The average Bonchev–Trinajstić information content (AvgIpc) is 3.16. The molecule has 0 atom stereocenters. The molecule has 0 saturated carbocycles. The molecule has 1 aromatic heterocycles.